The van der Waals surface area contributed by atoms with Crippen molar-refractivity contribution in [2.45, 2.75) is 39.7 Å². The number of esters is 1. The van der Waals surface area contributed by atoms with Gasteiger partial charge in [-0.25, -0.2) is 4.79 Å². The van der Waals surface area contributed by atoms with Crippen LogP contribution in [0.15, 0.2) is 0 Å². The monoisotopic (exact) mass is 227 g/mol. The molecule has 1 rings (SSSR count). The van der Waals surface area contributed by atoms with E-state index in [2.05, 4.69) is 10.1 Å². The first-order valence-corrected chi connectivity index (χ1v) is 5.84. The molecule has 0 aromatic carbocycles. The quantitative estimate of drug-likeness (QED) is 0.721. The van der Waals surface area contributed by atoms with E-state index >= 15 is 0 Å². The van der Waals surface area contributed by atoms with Crippen molar-refractivity contribution < 1.29 is 14.3 Å². The summed E-state index contributed by atoms with van der Waals surface area (Å²) in [4.78, 5) is 23.2. The fourth-order valence-electron chi connectivity index (χ4n) is 1.79. The highest BCUT2D eigenvalue weighted by molar-refractivity contribution is 5.87. The normalized spacial score (nSPS) is 25.1. The molecule has 3 atom stereocenters. The Bertz CT molecular complexity index is 275. The molecular formula is C12H21NO3. The summed E-state index contributed by atoms with van der Waals surface area (Å²) in [5.41, 5.74) is 0. The molecule has 0 spiro atoms. The van der Waals surface area contributed by atoms with Crippen LogP contribution in [-0.2, 0) is 14.3 Å². The smallest absolute Gasteiger partial charge is 0.328 e. The second kappa shape index (κ2) is 5.32. The Morgan fingerprint density at radius 1 is 1.44 bits per heavy atom. The number of hydrogen-bond donors (Lipinski definition) is 1. The molecule has 0 heterocycles. The topological polar surface area (TPSA) is 55.4 Å². The Kier molecular flexibility index (Phi) is 4.33. The van der Waals surface area contributed by atoms with Crippen molar-refractivity contribution in [3.05, 3.63) is 0 Å². The van der Waals surface area contributed by atoms with Crippen LogP contribution in [0.2, 0.25) is 0 Å². The number of amides is 1. The van der Waals surface area contributed by atoms with Gasteiger partial charge in [0, 0.05) is 5.92 Å². The van der Waals surface area contributed by atoms with E-state index in [1.807, 2.05) is 20.8 Å². The summed E-state index contributed by atoms with van der Waals surface area (Å²) in [5.74, 6) is 0.539. The first-order valence-electron chi connectivity index (χ1n) is 5.84. The maximum Gasteiger partial charge on any atom is 0.328 e. The van der Waals surface area contributed by atoms with Crippen molar-refractivity contribution in [3.8, 4) is 0 Å². The van der Waals surface area contributed by atoms with Crippen molar-refractivity contribution >= 4 is 11.9 Å². The van der Waals surface area contributed by atoms with Crippen LogP contribution in [0.4, 0.5) is 0 Å². The van der Waals surface area contributed by atoms with Crippen molar-refractivity contribution in [1.82, 2.24) is 5.32 Å². The summed E-state index contributed by atoms with van der Waals surface area (Å²) >= 11 is 0. The highest BCUT2D eigenvalue weighted by Gasteiger charge is 2.40. The predicted octanol–water partition coefficient (Wildman–Crippen LogP) is 1.35. The minimum Gasteiger partial charge on any atom is -0.467 e. The lowest BCUT2D eigenvalue weighted by molar-refractivity contribution is -0.145. The summed E-state index contributed by atoms with van der Waals surface area (Å²) in [5, 5.41) is 2.78. The van der Waals surface area contributed by atoms with Crippen LogP contribution in [0, 0.1) is 17.8 Å². The zero-order chi connectivity index (χ0) is 12.3. The second-order valence-electron chi connectivity index (χ2n) is 5.03. The van der Waals surface area contributed by atoms with E-state index < -0.39 is 6.04 Å². The standard InChI is InChI=1S/C12H21NO3/c1-7(2)5-10(12(15)16-4)13-11(14)9-6-8(9)3/h7-10H,5-6H2,1-4H3,(H,13,14)/t8-,9+,10+/m0/s1. The van der Waals surface area contributed by atoms with Crippen LogP contribution in [0.25, 0.3) is 0 Å². The van der Waals surface area contributed by atoms with Crippen molar-refractivity contribution in [2.24, 2.45) is 17.8 Å². The van der Waals surface area contributed by atoms with E-state index in [9.17, 15) is 9.59 Å². The minimum atomic E-state index is -0.495. The first kappa shape index (κ1) is 13.0. The van der Waals surface area contributed by atoms with Gasteiger partial charge in [0.25, 0.3) is 0 Å². The van der Waals surface area contributed by atoms with Gasteiger partial charge in [-0.15, -0.1) is 0 Å². The Labute approximate surface area is 96.7 Å². The molecule has 1 fully saturated rings. The second-order valence-corrected chi connectivity index (χ2v) is 5.03. The van der Waals surface area contributed by atoms with Crippen LogP contribution in [0.5, 0.6) is 0 Å². The van der Waals surface area contributed by atoms with Gasteiger partial charge in [-0.1, -0.05) is 20.8 Å². The van der Waals surface area contributed by atoms with E-state index in [-0.39, 0.29) is 17.8 Å². The zero-order valence-electron chi connectivity index (χ0n) is 10.4. The highest BCUT2D eigenvalue weighted by Crippen LogP contribution is 2.37. The van der Waals surface area contributed by atoms with E-state index in [0.29, 0.717) is 18.3 Å². The van der Waals surface area contributed by atoms with E-state index in [4.69, 9.17) is 0 Å². The molecule has 0 aromatic rings. The average molecular weight is 227 g/mol. The third-order valence-electron chi connectivity index (χ3n) is 2.96. The number of hydrogen-bond acceptors (Lipinski definition) is 3. The third-order valence-corrected chi connectivity index (χ3v) is 2.96. The summed E-state index contributed by atoms with van der Waals surface area (Å²) < 4.78 is 4.69. The van der Waals surface area contributed by atoms with Gasteiger partial charge in [0.05, 0.1) is 7.11 Å². The lowest BCUT2D eigenvalue weighted by Crippen LogP contribution is -2.43. The molecule has 0 bridgehead atoms. The zero-order valence-corrected chi connectivity index (χ0v) is 10.4. The van der Waals surface area contributed by atoms with E-state index in [1.54, 1.807) is 0 Å². The molecule has 1 amide bonds. The molecule has 1 N–H and O–H groups in total. The van der Waals surface area contributed by atoms with Crippen LogP contribution >= 0.6 is 0 Å². The van der Waals surface area contributed by atoms with Gasteiger partial charge in [-0.05, 0) is 24.7 Å². The lowest BCUT2D eigenvalue weighted by atomic mass is 10.0. The van der Waals surface area contributed by atoms with Gasteiger partial charge in [0.1, 0.15) is 6.04 Å². The third kappa shape index (κ3) is 3.51. The molecule has 1 aliphatic carbocycles. The van der Waals surface area contributed by atoms with E-state index in [1.165, 1.54) is 7.11 Å². The van der Waals surface area contributed by atoms with Gasteiger partial charge in [0.15, 0.2) is 0 Å². The Morgan fingerprint density at radius 3 is 2.38 bits per heavy atom. The SMILES string of the molecule is COC(=O)[C@@H](CC(C)C)NC(=O)[C@@H]1C[C@@H]1C. The number of carbonyl (C=O) groups is 2. The Hall–Kier alpha value is -1.06. The molecule has 16 heavy (non-hydrogen) atoms. The van der Waals surface area contributed by atoms with Crippen LogP contribution < -0.4 is 5.32 Å². The van der Waals surface area contributed by atoms with Crippen molar-refractivity contribution in [3.63, 3.8) is 0 Å². The van der Waals surface area contributed by atoms with Gasteiger partial charge in [-0.3, -0.25) is 4.79 Å². The minimum absolute atomic E-state index is 0.0106. The summed E-state index contributed by atoms with van der Waals surface area (Å²) in [6, 6.07) is -0.495. The summed E-state index contributed by atoms with van der Waals surface area (Å²) in [6.07, 6.45) is 1.56. The maximum atomic E-state index is 11.7. The molecule has 0 unspecified atom stereocenters. The predicted molar refractivity (Wildman–Crippen MR) is 60.7 cm³/mol. The molecule has 0 aliphatic heterocycles. The van der Waals surface area contributed by atoms with Gasteiger partial charge in [0.2, 0.25) is 5.91 Å². The Balaban J connectivity index is 2.49. The van der Waals surface area contributed by atoms with Crippen LogP contribution in [-0.4, -0.2) is 25.0 Å². The number of ether oxygens (including phenoxy) is 1. The molecule has 1 saturated carbocycles. The molecule has 0 aromatic heterocycles. The number of rotatable bonds is 5. The van der Waals surface area contributed by atoms with E-state index in [0.717, 1.165) is 6.42 Å². The van der Waals surface area contributed by atoms with Crippen LogP contribution in [0.3, 0.4) is 0 Å². The molecule has 4 nitrogen and oxygen atoms in total. The number of methoxy groups -OCH3 is 1. The van der Waals surface area contributed by atoms with Gasteiger partial charge in [-0.2, -0.15) is 0 Å². The van der Waals surface area contributed by atoms with Crippen molar-refractivity contribution in [2.75, 3.05) is 7.11 Å². The molecule has 4 heteroatoms. The number of carbonyl (C=O) groups excluding carboxylic acids is 2. The average Bonchev–Trinajstić information content (AvgIpc) is 2.92. The Morgan fingerprint density at radius 2 is 2.00 bits per heavy atom. The largest absolute Gasteiger partial charge is 0.467 e. The van der Waals surface area contributed by atoms with Gasteiger partial charge >= 0.3 is 5.97 Å². The molecule has 0 saturated heterocycles. The lowest BCUT2D eigenvalue weighted by Gasteiger charge is -2.18. The molecule has 0 radical (unpaired) electrons. The fraction of sp³-hybridized carbons (Fsp3) is 0.833. The molecule has 92 valence electrons. The van der Waals surface area contributed by atoms with Crippen LogP contribution in [0.1, 0.15) is 33.6 Å². The highest BCUT2D eigenvalue weighted by atomic mass is 16.5. The summed E-state index contributed by atoms with van der Waals surface area (Å²) in [7, 11) is 1.35. The molecule has 1 aliphatic rings. The molecular weight excluding hydrogens is 206 g/mol. The maximum absolute atomic E-state index is 11.7. The van der Waals surface area contributed by atoms with Crippen molar-refractivity contribution in [1.29, 1.82) is 0 Å². The van der Waals surface area contributed by atoms with Gasteiger partial charge < -0.3 is 10.1 Å². The summed E-state index contributed by atoms with van der Waals surface area (Å²) in [6.45, 7) is 6.07. The first-order chi connectivity index (χ1) is 7.45. The number of nitrogens with one attached hydrogen (secondary N) is 1. The fourth-order valence-corrected chi connectivity index (χ4v) is 1.79.